The molecule has 5 heteroatoms. The van der Waals surface area contributed by atoms with Crippen molar-refractivity contribution >= 4 is 5.91 Å². The van der Waals surface area contributed by atoms with E-state index < -0.39 is 5.60 Å². The van der Waals surface area contributed by atoms with Crippen LogP contribution in [0.25, 0.3) is 0 Å². The number of carbonyl (C=O) groups excluding carboxylic acids is 1. The monoisotopic (exact) mass is 266 g/mol. The Morgan fingerprint density at radius 1 is 1.58 bits per heavy atom. The average Bonchev–Trinajstić information content (AvgIpc) is 2.83. The van der Waals surface area contributed by atoms with Gasteiger partial charge in [-0.2, -0.15) is 0 Å². The number of aliphatic hydroxyl groups is 1. The van der Waals surface area contributed by atoms with Gasteiger partial charge in [0.25, 0.3) is 5.91 Å². The van der Waals surface area contributed by atoms with Crippen molar-refractivity contribution in [2.24, 2.45) is 5.92 Å². The minimum atomic E-state index is -0.769. The van der Waals surface area contributed by atoms with Crippen LogP contribution in [0.15, 0.2) is 10.8 Å². The van der Waals surface area contributed by atoms with Crippen molar-refractivity contribution in [1.82, 2.24) is 10.3 Å². The number of nitrogens with zero attached hydrogens (tertiary/aromatic N) is 1. The third-order valence-electron chi connectivity index (χ3n) is 4.14. The topological polar surface area (TPSA) is 75.4 Å². The molecule has 1 amide bonds. The first-order chi connectivity index (χ1) is 9.04. The lowest BCUT2D eigenvalue weighted by Gasteiger charge is -2.35. The molecule has 106 valence electrons. The lowest BCUT2D eigenvalue weighted by molar-refractivity contribution is -0.00805. The van der Waals surface area contributed by atoms with Crippen LogP contribution in [0.2, 0.25) is 0 Å². The van der Waals surface area contributed by atoms with Gasteiger partial charge in [-0.25, -0.2) is 4.98 Å². The van der Waals surface area contributed by atoms with Gasteiger partial charge in [-0.05, 0) is 38.5 Å². The van der Waals surface area contributed by atoms with E-state index in [1.807, 2.05) is 0 Å². The summed E-state index contributed by atoms with van der Waals surface area (Å²) in [6, 6.07) is 0. The molecule has 1 aromatic rings. The van der Waals surface area contributed by atoms with Crippen molar-refractivity contribution in [2.45, 2.75) is 51.6 Å². The molecular weight excluding hydrogens is 244 g/mol. The van der Waals surface area contributed by atoms with E-state index in [0.29, 0.717) is 11.6 Å². The first-order valence-corrected chi connectivity index (χ1v) is 6.95. The fourth-order valence-electron chi connectivity index (χ4n) is 2.64. The molecule has 1 heterocycles. The quantitative estimate of drug-likeness (QED) is 0.874. The Balaban J connectivity index is 1.85. The van der Waals surface area contributed by atoms with E-state index in [1.165, 1.54) is 12.8 Å². The molecule has 1 saturated carbocycles. The lowest BCUT2D eigenvalue weighted by atomic mass is 9.78. The van der Waals surface area contributed by atoms with Gasteiger partial charge in [0.1, 0.15) is 0 Å². The van der Waals surface area contributed by atoms with Crippen molar-refractivity contribution in [3.63, 3.8) is 0 Å². The summed E-state index contributed by atoms with van der Waals surface area (Å²) >= 11 is 0. The first-order valence-electron chi connectivity index (χ1n) is 6.95. The van der Waals surface area contributed by atoms with Gasteiger partial charge in [0.15, 0.2) is 6.39 Å². The second-order valence-corrected chi connectivity index (χ2v) is 5.53. The summed E-state index contributed by atoms with van der Waals surface area (Å²) in [5.41, 5.74) is -0.200. The highest BCUT2D eigenvalue weighted by molar-refractivity contribution is 5.92. The zero-order valence-corrected chi connectivity index (χ0v) is 11.6. The van der Waals surface area contributed by atoms with Gasteiger partial charge in [0.2, 0.25) is 5.76 Å². The third kappa shape index (κ3) is 3.35. The van der Waals surface area contributed by atoms with E-state index in [2.05, 4.69) is 17.2 Å². The van der Waals surface area contributed by atoms with Crippen LogP contribution in [-0.2, 0) is 0 Å². The maximum Gasteiger partial charge on any atom is 0.289 e. The number of rotatable bonds is 4. The molecule has 19 heavy (non-hydrogen) atoms. The maximum atomic E-state index is 11.9. The summed E-state index contributed by atoms with van der Waals surface area (Å²) in [4.78, 5) is 15.8. The molecule has 1 fully saturated rings. The van der Waals surface area contributed by atoms with E-state index in [4.69, 9.17) is 4.42 Å². The molecule has 1 aliphatic carbocycles. The van der Waals surface area contributed by atoms with Crippen LogP contribution >= 0.6 is 0 Å². The normalized spacial score (nSPS) is 27.2. The van der Waals surface area contributed by atoms with Gasteiger partial charge in [0, 0.05) is 6.54 Å². The van der Waals surface area contributed by atoms with Crippen molar-refractivity contribution in [1.29, 1.82) is 0 Å². The lowest BCUT2D eigenvalue weighted by Crippen LogP contribution is -2.45. The van der Waals surface area contributed by atoms with Crippen LogP contribution in [0.5, 0.6) is 0 Å². The predicted molar refractivity (Wildman–Crippen MR) is 70.8 cm³/mol. The highest BCUT2D eigenvalue weighted by Crippen LogP contribution is 2.33. The van der Waals surface area contributed by atoms with Gasteiger partial charge in [-0.15, -0.1) is 0 Å². The van der Waals surface area contributed by atoms with Crippen molar-refractivity contribution in [3.8, 4) is 0 Å². The average molecular weight is 266 g/mol. The van der Waals surface area contributed by atoms with Crippen LogP contribution in [0.1, 0.15) is 55.3 Å². The van der Waals surface area contributed by atoms with Crippen LogP contribution in [-0.4, -0.2) is 28.1 Å². The number of oxazole rings is 1. The molecule has 0 saturated heterocycles. The zero-order valence-electron chi connectivity index (χ0n) is 11.6. The summed E-state index contributed by atoms with van der Waals surface area (Å²) < 4.78 is 5.03. The SMILES string of the molecule is CCC1CCC(O)(CNC(=O)c2ocnc2C)CC1. The number of amides is 1. The van der Waals surface area contributed by atoms with Crippen LogP contribution in [0.4, 0.5) is 0 Å². The van der Waals surface area contributed by atoms with Crippen molar-refractivity contribution in [2.75, 3.05) is 6.54 Å². The predicted octanol–water partition coefficient (Wildman–Crippen LogP) is 2.04. The fourth-order valence-corrected chi connectivity index (χ4v) is 2.64. The van der Waals surface area contributed by atoms with Gasteiger partial charge in [-0.1, -0.05) is 13.3 Å². The molecule has 0 atom stereocenters. The summed E-state index contributed by atoms with van der Waals surface area (Å²) in [7, 11) is 0. The highest BCUT2D eigenvalue weighted by Gasteiger charge is 2.33. The molecular formula is C14H22N2O3. The summed E-state index contributed by atoms with van der Waals surface area (Å²) in [5.74, 6) is 0.638. The molecule has 2 rings (SSSR count). The summed E-state index contributed by atoms with van der Waals surface area (Å²) in [6.45, 7) is 4.19. The number of hydrogen-bond acceptors (Lipinski definition) is 4. The Morgan fingerprint density at radius 3 is 2.79 bits per heavy atom. The van der Waals surface area contributed by atoms with E-state index in [-0.39, 0.29) is 18.2 Å². The fraction of sp³-hybridized carbons (Fsp3) is 0.714. The van der Waals surface area contributed by atoms with Gasteiger partial charge >= 0.3 is 0 Å². The molecule has 0 radical (unpaired) electrons. The van der Waals surface area contributed by atoms with E-state index >= 15 is 0 Å². The molecule has 0 unspecified atom stereocenters. The smallest absolute Gasteiger partial charge is 0.289 e. The number of nitrogens with one attached hydrogen (secondary N) is 1. The molecule has 0 aromatic carbocycles. The van der Waals surface area contributed by atoms with Crippen LogP contribution < -0.4 is 5.32 Å². The number of aromatic nitrogens is 1. The van der Waals surface area contributed by atoms with Gasteiger partial charge in [-0.3, -0.25) is 4.79 Å². The van der Waals surface area contributed by atoms with E-state index in [0.717, 1.165) is 25.7 Å². The Kier molecular flexibility index (Phi) is 4.24. The molecule has 0 aliphatic heterocycles. The minimum Gasteiger partial charge on any atom is -0.438 e. The Labute approximate surface area is 113 Å². The Morgan fingerprint density at radius 2 is 2.26 bits per heavy atom. The molecule has 0 bridgehead atoms. The van der Waals surface area contributed by atoms with E-state index in [9.17, 15) is 9.90 Å². The minimum absolute atomic E-state index is 0.228. The van der Waals surface area contributed by atoms with Gasteiger partial charge in [0.05, 0.1) is 11.3 Å². The molecule has 1 aliphatic rings. The Bertz CT molecular complexity index is 434. The Hall–Kier alpha value is -1.36. The number of hydrogen-bond donors (Lipinski definition) is 2. The van der Waals surface area contributed by atoms with E-state index in [1.54, 1.807) is 6.92 Å². The largest absolute Gasteiger partial charge is 0.438 e. The van der Waals surface area contributed by atoms with Gasteiger partial charge < -0.3 is 14.8 Å². The first kappa shape index (κ1) is 14.1. The standard InChI is InChI=1S/C14H22N2O3/c1-3-11-4-6-14(18,7-5-11)8-15-13(17)12-10(2)16-9-19-12/h9,11,18H,3-8H2,1-2H3,(H,15,17). The van der Waals surface area contributed by atoms with Crippen LogP contribution in [0.3, 0.4) is 0 Å². The highest BCUT2D eigenvalue weighted by atomic mass is 16.3. The zero-order chi connectivity index (χ0) is 13.9. The third-order valence-corrected chi connectivity index (χ3v) is 4.14. The summed E-state index contributed by atoms with van der Waals surface area (Å²) in [5, 5.41) is 13.2. The molecule has 1 aromatic heterocycles. The van der Waals surface area contributed by atoms with Crippen LogP contribution in [0, 0.1) is 12.8 Å². The molecule has 2 N–H and O–H groups in total. The summed E-state index contributed by atoms with van der Waals surface area (Å²) in [6.07, 6.45) is 5.99. The second-order valence-electron chi connectivity index (χ2n) is 5.53. The molecule has 0 spiro atoms. The second kappa shape index (κ2) is 5.74. The van der Waals surface area contributed by atoms with Crippen molar-refractivity contribution < 1.29 is 14.3 Å². The maximum absolute atomic E-state index is 11.9. The number of carbonyl (C=O) groups is 1. The number of aryl methyl sites for hydroxylation is 1. The molecule has 5 nitrogen and oxygen atoms in total. The van der Waals surface area contributed by atoms with Crippen molar-refractivity contribution in [3.05, 3.63) is 17.8 Å².